The summed E-state index contributed by atoms with van der Waals surface area (Å²) in [7, 11) is 0. The Hall–Kier alpha value is -0.280. The minimum atomic E-state index is 0.0861. The predicted molar refractivity (Wildman–Crippen MR) is 64.4 cm³/mol. The summed E-state index contributed by atoms with van der Waals surface area (Å²) in [5.41, 5.74) is 6.62. The Labute approximate surface area is 100 Å². The van der Waals surface area contributed by atoms with E-state index in [1.807, 2.05) is 6.92 Å². The molecule has 2 N–H and O–H groups in total. The van der Waals surface area contributed by atoms with Crippen molar-refractivity contribution in [2.45, 2.75) is 26.0 Å². The lowest BCUT2D eigenvalue weighted by atomic mass is 10.2. The summed E-state index contributed by atoms with van der Waals surface area (Å²) < 4.78 is 5.44. The van der Waals surface area contributed by atoms with Gasteiger partial charge >= 0.3 is 0 Å². The van der Waals surface area contributed by atoms with E-state index in [4.69, 9.17) is 33.7 Å². The summed E-state index contributed by atoms with van der Waals surface area (Å²) in [6.07, 6.45) is 0.906. The number of nitrogens with two attached hydrogens (primary N) is 1. The molecule has 1 atom stereocenters. The van der Waals surface area contributed by atoms with Gasteiger partial charge in [0.25, 0.3) is 0 Å². The molecule has 15 heavy (non-hydrogen) atoms. The zero-order chi connectivity index (χ0) is 11.3. The van der Waals surface area contributed by atoms with Crippen LogP contribution in [0.15, 0.2) is 18.2 Å². The molecule has 1 rings (SSSR count). The summed E-state index contributed by atoms with van der Waals surface area (Å²) in [4.78, 5) is 0. The van der Waals surface area contributed by atoms with Crippen LogP contribution in [0.2, 0.25) is 10.0 Å². The number of rotatable bonds is 5. The molecule has 0 saturated carbocycles. The highest BCUT2D eigenvalue weighted by atomic mass is 35.5. The summed E-state index contributed by atoms with van der Waals surface area (Å²) in [5, 5.41) is 1.34. The topological polar surface area (TPSA) is 35.2 Å². The van der Waals surface area contributed by atoms with Crippen LogP contribution in [0, 0.1) is 0 Å². The maximum Gasteiger partial charge on any atom is 0.0732 e. The van der Waals surface area contributed by atoms with Crippen molar-refractivity contribution in [3.63, 3.8) is 0 Å². The van der Waals surface area contributed by atoms with E-state index >= 15 is 0 Å². The van der Waals surface area contributed by atoms with Crippen molar-refractivity contribution < 1.29 is 4.74 Å². The van der Waals surface area contributed by atoms with Gasteiger partial charge in [-0.3, -0.25) is 0 Å². The molecule has 0 aliphatic heterocycles. The van der Waals surface area contributed by atoms with Crippen LogP contribution in [0.25, 0.3) is 0 Å². The molecule has 84 valence electrons. The summed E-state index contributed by atoms with van der Waals surface area (Å²) in [5.74, 6) is 0. The van der Waals surface area contributed by atoms with E-state index in [9.17, 15) is 0 Å². The standard InChI is InChI=1S/C11H15Cl2NO/c1-2-10(14)7-15-6-8-5-9(12)3-4-11(8)13/h3-5,10H,2,6-7,14H2,1H3/t10-/m0/s1. The Morgan fingerprint density at radius 3 is 2.80 bits per heavy atom. The Kier molecular flexibility index (Phi) is 5.40. The predicted octanol–water partition coefficient (Wildman–Crippen LogP) is 3.25. The second-order valence-electron chi connectivity index (χ2n) is 3.42. The van der Waals surface area contributed by atoms with E-state index in [1.165, 1.54) is 0 Å². The van der Waals surface area contributed by atoms with E-state index in [0.29, 0.717) is 23.3 Å². The lowest BCUT2D eigenvalue weighted by molar-refractivity contribution is 0.107. The van der Waals surface area contributed by atoms with Gasteiger partial charge in [0.15, 0.2) is 0 Å². The molecule has 0 unspecified atom stereocenters. The largest absolute Gasteiger partial charge is 0.375 e. The van der Waals surface area contributed by atoms with Crippen molar-refractivity contribution in [1.29, 1.82) is 0 Å². The van der Waals surface area contributed by atoms with E-state index in [1.54, 1.807) is 18.2 Å². The first-order valence-corrected chi connectivity index (χ1v) is 5.66. The summed E-state index contributed by atoms with van der Waals surface area (Å²) in [6.45, 7) is 3.02. The molecule has 0 amide bonds. The zero-order valence-electron chi connectivity index (χ0n) is 8.67. The first-order valence-electron chi connectivity index (χ1n) is 4.90. The van der Waals surface area contributed by atoms with Crippen LogP contribution in [0.4, 0.5) is 0 Å². The molecule has 4 heteroatoms. The Morgan fingerprint density at radius 2 is 2.13 bits per heavy atom. The van der Waals surface area contributed by atoms with Crippen molar-refractivity contribution >= 4 is 23.2 Å². The Balaban J connectivity index is 2.46. The van der Waals surface area contributed by atoms with E-state index in [-0.39, 0.29) is 6.04 Å². The molecular weight excluding hydrogens is 233 g/mol. The SMILES string of the molecule is CC[C@H](N)COCc1cc(Cl)ccc1Cl. The lowest BCUT2D eigenvalue weighted by Crippen LogP contribution is -2.24. The molecule has 0 aromatic heterocycles. The van der Waals surface area contributed by atoms with Crippen LogP contribution in [-0.2, 0) is 11.3 Å². The van der Waals surface area contributed by atoms with Gasteiger partial charge in [0, 0.05) is 16.1 Å². The highest BCUT2D eigenvalue weighted by molar-refractivity contribution is 6.33. The average Bonchev–Trinajstić information content (AvgIpc) is 2.23. The Bertz CT molecular complexity index is 317. The van der Waals surface area contributed by atoms with Crippen LogP contribution < -0.4 is 5.73 Å². The first-order chi connectivity index (χ1) is 7.13. The van der Waals surface area contributed by atoms with Gasteiger partial charge in [0.1, 0.15) is 0 Å². The maximum atomic E-state index is 5.98. The fourth-order valence-corrected chi connectivity index (χ4v) is 1.46. The highest BCUT2D eigenvalue weighted by Gasteiger charge is 2.03. The fourth-order valence-electron chi connectivity index (χ4n) is 1.09. The normalized spacial score (nSPS) is 12.8. The van der Waals surface area contributed by atoms with E-state index in [2.05, 4.69) is 0 Å². The molecule has 2 nitrogen and oxygen atoms in total. The van der Waals surface area contributed by atoms with Crippen LogP contribution >= 0.6 is 23.2 Å². The third-order valence-electron chi connectivity index (χ3n) is 2.12. The average molecular weight is 248 g/mol. The molecule has 0 fully saturated rings. The van der Waals surface area contributed by atoms with Gasteiger partial charge in [0.2, 0.25) is 0 Å². The minimum Gasteiger partial charge on any atom is -0.375 e. The zero-order valence-corrected chi connectivity index (χ0v) is 10.2. The van der Waals surface area contributed by atoms with Crippen molar-refractivity contribution in [3.05, 3.63) is 33.8 Å². The number of hydrogen-bond acceptors (Lipinski definition) is 2. The van der Waals surface area contributed by atoms with Gasteiger partial charge in [-0.25, -0.2) is 0 Å². The molecule has 0 aliphatic rings. The molecule has 1 aromatic carbocycles. The van der Waals surface area contributed by atoms with Crippen molar-refractivity contribution in [2.24, 2.45) is 5.73 Å². The summed E-state index contributed by atoms with van der Waals surface area (Å²) >= 11 is 11.8. The molecule has 0 aliphatic carbocycles. The molecule has 1 aromatic rings. The molecule has 0 saturated heterocycles. The van der Waals surface area contributed by atoms with Gasteiger partial charge in [-0.2, -0.15) is 0 Å². The molecule has 0 bridgehead atoms. The van der Waals surface area contributed by atoms with Gasteiger partial charge in [-0.15, -0.1) is 0 Å². The van der Waals surface area contributed by atoms with Crippen molar-refractivity contribution in [1.82, 2.24) is 0 Å². The van der Waals surface area contributed by atoms with Crippen LogP contribution in [-0.4, -0.2) is 12.6 Å². The number of halogens is 2. The molecule has 0 heterocycles. The van der Waals surface area contributed by atoms with Gasteiger partial charge in [0.05, 0.1) is 13.2 Å². The van der Waals surface area contributed by atoms with E-state index in [0.717, 1.165) is 12.0 Å². The quantitative estimate of drug-likeness (QED) is 0.868. The first kappa shape index (κ1) is 12.8. The second-order valence-corrected chi connectivity index (χ2v) is 4.26. The minimum absolute atomic E-state index is 0.0861. The van der Waals surface area contributed by atoms with Gasteiger partial charge < -0.3 is 10.5 Å². The molecule has 0 spiro atoms. The molecular formula is C11H15Cl2NO. The van der Waals surface area contributed by atoms with Crippen LogP contribution in [0.5, 0.6) is 0 Å². The van der Waals surface area contributed by atoms with Crippen molar-refractivity contribution in [3.8, 4) is 0 Å². The molecule has 0 radical (unpaired) electrons. The number of ether oxygens (including phenoxy) is 1. The van der Waals surface area contributed by atoms with Gasteiger partial charge in [-0.05, 0) is 30.2 Å². The smallest absolute Gasteiger partial charge is 0.0732 e. The van der Waals surface area contributed by atoms with Crippen molar-refractivity contribution in [2.75, 3.05) is 6.61 Å². The van der Waals surface area contributed by atoms with Gasteiger partial charge in [-0.1, -0.05) is 30.1 Å². The monoisotopic (exact) mass is 247 g/mol. The van der Waals surface area contributed by atoms with Crippen LogP contribution in [0.3, 0.4) is 0 Å². The third kappa shape index (κ3) is 4.39. The summed E-state index contributed by atoms with van der Waals surface area (Å²) in [6, 6.07) is 5.41. The second kappa shape index (κ2) is 6.33. The number of benzene rings is 1. The van der Waals surface area contributed by atoms with Crippen LogP contribution in [0.1, 0.15) is 18.9 Å². The third-order valence-corrected chi connectivity index (χ3v) is 2.73. The Morgan fingerprint density at radius 1 is 1.40 bits per heavy atom. The van der Waals surface area contributed by atoms with E-state index < -0.39 is 0 Å². The number of hydrogen-bond donors (Lipinski definition) is 1. The highest BCUT2D eigenvalue weighted by Crippen LogP contribution is 2.21. The fraction of sp³-hybridized carbons (Fsp3) is 0.455. The lowest BCUT2D eigenvalue weighted by Gasteiger charge is -2.10. The maximum absolute atomic E-state index is 5.98.